The Bertz CT molecular complexity index is 1150. The lowest BCUT2D eigenvalue weighted by Crippen LogP contribution is -2.37. The molecule has 198 valence electrons. The van der Waals surface area contributed by atoms with Crippen LogP contribution in [0, 0.1) is 53.3 Å². The fraction of sp³-hybridized carbons (Fsp3) is 0.667. The number of likely N-dealkylation sites (N-methyl/N-ethyl adjacent to an activating group) is 1. The van der Waals surface area contributed by atoms with Gasteiger partial charge >= 0.3 is 0 Å². The van der Waals surface area contributed by atoms with E-state index in [0.717, 1.165) is 24.8 Å². The number of fused-ring (bicyclic) bond motifs is 8. The van der Waals surface area contributed by atoms with E-state index in [4.69, 9.17) is 0 Å². The minimum Gasteiger partial charge on any atom is -0.511 e. The fourth-order valence-electron chi connectivity index (χ4n) is 8.88. The molecule has 37 heavy (non-hydrogen) atoms. The Morgan fingerprint density at radius 1 is 1.03 bits per heavy atom. The highest BCUT2D eigenvalue weighted by atomic mass is 16.3. The van der Waals surface area contributed by atoms with Gasteiger partial charge in [-0.1, -0.05) is 38.5 Å². The maximum Gasteiger partial charge on any atom is 0.261 e. The minimum atomic E-state index is -0.788. The van der Waals surface area contributed by atoms with Crippen molar-refractivity contribution in [2.75, 3.05) is 13.6 Å². The Hall–Kier alpha value is -2.70. The second-order valence-corrected chi connectivity index (χ2v) is 12.3. The Labute approximate surface area is 218 Å². The quantitative estimate of drug-likeness (QED) is 0.419. The lowest BCUT2D eigenvalue weighted by Gasteiger charge is -2.27. The number of aliphatic hydroxyl groups is 1. The predicted octanol–water partition coefficient (Wildman–Crippen LogP) is 3.37. The van der Waals surface area contributed by atoms with Crippen LogP contribution < -0.4 is 5.32 Å². The number of carbonyl (C=O) groups is 4. The molecule has 3 saturated carbocycles. The molecule has 0 aromatic heterocycles. The summed E-state index contributed by atoms with van der Waals surface area (Å²) in [6.07, 6.45) is 10.4. The van der Waals surface area contributed by atoms with Gasteiger partial charge in [-0.05, 0) is 67.3 Å². The van der Waals surface area contributed by atoms with E-state index in [1.165, 1.54) is 4.90 Å². The molecule has 6 aliphatic rings. The lowest BCUT2D eigenvalue weighted by atomic mass is 9.78. The predicted molar refractivity (Wildman–Crippen MR) is 137 cm³/mol. The van der Waals surface area contributed by atoms with Crippen LogP contribution in [0.25, 0.3) is 0 Å². The smallest absolute Gasteiger partial charge is 0.261 e. The summed E-state index contributed by atoms with van der Waals surface area (Å²) in [4.78, 5) is 54.7. The van der Waals surface area contributed by atoms with E-state index in [1.807, 2.05) is 18.2 Å². The first-order valence-electron chi connectivity index (χ1n) is 14.2. The van der Waals surface area contributed by atoms with Gasteiger partial charge in [-0.15, -0.1) is 0 Å². The van der Waals surface area contributed by atoms with Gasteiger partial charge in [0, 0.05) is 31.3 Å². The number of allylic oxidation sites excluding steroid dienone is 4. The first-order valence-corrected chi connectivity index (χ1v) is 14.2. The second-order valence-electron chi connectivity index (χ2n) is 12.3. The van der Waals surface area contributed by atoms with Crippen molar-refractivity contribution in [1.29, 1.82) is 0 Å². The number of rotatable bonds is 1. The Morgan fingerprint density at radius 3 is 2.54 bits per heavy atom. The number of aliphatic hydroxyl groups excluding tert-OH is 1. The first-order chi connectivity index (χ1) is 17.7. The average Bonchev–Trinajstić information content (AvgIpc) is 3.51. The van der Waals surface area contributed by atoms with E-state index in [0.29, 0.717) is 49.5 Å². The number of amides is 2. The van der Waals surface area contributed by atoms with Gasteiger partial charge < -0.3 is 15.3 Å². The number of hydrogen-bond donors (Lipinski definition) is 2. The summed E-state index contributed by atoms with van der Waals surface area (Å²) < 4.78 is 0. The van der Waals surface area contributed by atoms with Crippen molar-refractivity contribution in [2.45, 2.75) is 58.4 Å². The molecule has 0 aromatic rings. The molecule has 4 aliphatic carbocycles. The molecule has 7 nitrogen and oxygen atoms in total. The molecular weight excluding hydrogens is 468 g/mol. The molecule has 10 unspecified atom stereocenters. The monoisotopic (exact) mass is 506 g/mol. The molecule has 0 radical (unpaired) electrons. The highest BCUT2D eigenvalue weighted by Gasteiger charge is 2.60. The molecule has 1 saturated heterocycles. The molecule has 0 spiro atoms. The number of carbonyl (C=O) groups excluding carboxylic acids is 4. The second kappa shape index (κ2) is 8.95. The van der Waals surface area contributed by atoms with Gasteiger partial charge in [-0.3, -0.25) is 19.2 Å². The van der Waals surface area contributed by atoms with Crippen molar-refractivity contribution in [2.24, 2.45) is 53.3 Å². The molecule has 2 N–H and O–H groups in total. The molecule has 2 amide bonds. The van der Waals surface area contributed by atoms with Crippen molar-refractivity contribution in [3.05, 3.63) is 35.1 Å². The zero-order valence-corrected chi connectivity index (χ0v) is 22.0. The van der Waals surface area contributed by atoms with Crippen LogP contribution in [0.5, 0.6) is 0 Å². The van der Waals surface area contributed by atoms with E-state index >= 15 is 0 Å². The average molecular weight is 507 g/mol. The third kappa shape index (κ3) is 3.52. The van der Waals surface area contributed by atoms with Crippen molar-refractivity contribution in [1.82, 2.24) is 10.2 Å². The third-order valence-corrected chi connectivity index (χ3v) is 10.9. The molecule has 10 atom stereocenters. The first kappa shape index (κ1) is 24.6. The van der Waals surface area contributed by atoms with Gasteiger partial charge in [0.2, 0.25) is 5.91 Å². The number of nitrogens with zero attached hydrogens (tertiary/aromatic N) is 1. The van der Waals surface area contributed by atoms with Crippen LogP contribution in [0.2, 0.25) is 0 Å². The van der Waals surface area contributed by atoms with Crippen LogP contribution in [0.3, 0.4) is 0 Å². The number of hydrogen-bond acceptors (Lipinski definition) is 5. The normalized spacial score (nSPS) is 47.6. The summed E-state index contributed by atoms with van der Waals surface area (Å²) in [5, 5.41) is 14.4. The van der Waals surface area contributed by atoms with Crippen LogP contribution >= 0.6 is 0 Å². The molecule has 2 aliphatic heterocycles. The maximum atomic E-state index is 13.8. The number of nitrogens with one attached hydrogen (secondary N) is 1. The van der Waals surface area contributed by atoms with Crippen LogP contribution in [-0.2, 0) is 19.2 Å². The molecule has 6 rings (SSSR count). The van der Waals surface area contributed by atoms with E-state index < -0.39 is 23.8 Å². The van der Waals surface area contributed by atoms with Crippen molar-refractivity contribution in [3.8, 4) is 0 Å². The third-order valence-electron chi connectivity index (χ3n) is 10.9. The summed E-state index contributed by atoms with van der Waals surface area (Å²) in [5.74, 6) is -0.00797. The van der Waals surface area contributed by atoms with Gasteiger partial charge in [0.1, 0.15) is 11.3 Å². The molecule has 0 aromatic carbocycles. The number of likely N-dealkylation sites (tertiary alicyclic amines) is 1. The highest BCUT2D eigenvalue weighted by Crippen LogP contribution is 2.62. The molecule has 7 heteroatoms. The number of Topliss-reactive ketones (excluding diaryl/α,β-unsaturated/α-hetero) is 2. The van der Waals surface area contributed by atoms with E-state index in [9.17, 15) is 24.3 Å². The van der Waals surface area contributed by atoms with Gasteiger partial charge in [-0.2, -0.15) is 0 Å². The van der Waals surface area contributed by atoms with Crippen molar-refractivity contribution < 1.29 is 24.3 Å². The zero-order valence-electron chi connectivity index (χ0n) is 22.0. The summed E-state index contributed by atoms with van der Waals surface area (Å²) in [5.41, 5.74) is 0.639. The standard InChI is InChI=1S/C30H38N2O5/c1-4-15-12-21-20(14(15)2)13-22-16-7-8-18-19(10-9-17(16)26(33)24(21)22)29(36)31-11-5-6-23-28(35)25(27(18)34)30(37)32(23)3/h7-9,14-16,18-24,34H,4-6,10-13H2,1-3H3,(H,31,36)/b8-7-,17-9+,27-25+. The molecular formula is C30H38N2O5. The highest BCUT2D eigenvalue weighted by molar-refractivity contribution is 6.26. The fourth-order valence-corrected chi connectivity index (χ4v) is 8.88. The Kier molecular flexibility index (Phi) is 5.96. The van der Waals surface area contributed by atoms with Crippen molar-refractivity contribution in [3.63, 3.8) is 0 Å². The summed E-state index contributed by atoms with van der Waals surface area (Å²) in [6, 6.07) is -0.609. The molecule has 4 fully saturated rings. The zero-order chi connectivity index (χ0) is 26.2. The van der Waals surface area contributed by atoms with Gasteiger partial charge in [-0.25, -0.2) is 0 Å². The van der Waals surface area contributed by atoms with Gasteiger partial charge in [0.15, 0.2) is 11.6 Å². The van der Waals surface area contributed by atoms with Crippen LogP contribution in [0.1, 0.15) is 52.4 Å². The maximum absolute atomic E-state index is 13.8. The number of ketones is 2. The summed E-state index contributed by atoms with van der Waals surface area (Å²) >= 11 is 0. The summed E-state index contributed by atoms with van der Waals surface area (Å²) in [7, 11) is 1.60. The largest absolute Gasteiger partial charge is 0.511 e. The van der Waals surface area contributed by atoms with Crippen LogP contribution in [0.15, 0.2) is 35.1 Å². The molecule has 2 bridgehead atoms. The lowest BCUT2D eigenvalue weighted by molar-refractivity contribution is -0.127. The van der Waals surface area contributed by atoms with Crippen molar-refractivity contribution >= 4 is 23.4 Å². The SMILES string of the molecule is CCC1CC2C(CC3C4/C=C\C5/C(O)=C6/C(=O)C(CCCNC(=O)C5C/C=C\4C(=O)C32)N(C)C6=O)C1C. The minimum absolute atomic E-state index is 0.0404. The topological polar surface area (TPSA) is 104 Å². The van der Waals surface area contributed by atoms with E-state index in [1.54, 1.807) is 7.05 Å². The van der Waals surface area contributed by atoms with Crippen LogP contribution in [0.4, 0.5) is 0 Å². The van der Waals surface area contributed by atoms with Gasteiger partial charge in [0.25, 0.3) is 5.91 Å². The van der Waals surface area contributed by atoms with E-state index in [2.05, 4.69) is 19.2 Å². The summed E-state index contributed by atoms with van der Waals surface area (Å²) in [6.45, 7) is 5.00. The van der Waals surface area contributed by atoms with E-state index in [-0.39, 0.29) is 46.6 Å². The Balaban J connectivity index is 1.38. The Morgan fingerprint density at radius 2 is 1.78 bits per heavy atom. The molecule has 2 heterocycles. The van der Waals surface area contributed by atoms with Crippen LogP contribution in [-0.4, -0.2) is 53.0 Å². The van der Waals surface area contributed by atoms with Gasteiger partial charge in [0.05, 0.1) is 12.0 Å².